The molecule has 0 aromatic carbocycles. The fraction of sp³-hybridized carbons (Fsp3) is 0. The SMILES string of the molecule is NN.O=N[O-].O=N[O-].O=N[O-].O=N[O-].O=N[O-].O=N[O-].[Co].[Na+].[Na+].[Na+]. The van der Waals surface area contributed by atoms with E-state index < -0.39 is 0 Å². The molecule has 0 atom stereocenters. The Labute approximate surface area is 207 Å². The standard InChI is InChI=1S/Co.H4N2.6HNO2.3Na/c;1-2;6*2-1-3;;;/h;1-2H2;6*(H,2,3);;;/q;;;;;;;;3*+1/p-6. The van der Waals surface area contributed by atoms with E-state index in [1.807, 2.05) is 0 Å². The van der Waals surface area contributed by atoms with Crippen molar-refractivity contribution in [2.75, 3.05) is 0 Å². The molecule has 24 heteroatoms. The number of nitrogens with zero attached hydrogens (tertiary/aromatic N) is 6. The summed E-state index contributed by atoms with van der Waals surface area (Å²) in [7, 11) is 0. The van der Waals surface area contributed by atoms with E-state index >= 15 is 0 Å². The fourth-order valence-electron chi connectivity index (χ4n) is 0. The second kappa shape index (κ2) is 320. The monoisotopic (exact) mass is 436 g/mol. The maximum atomic E-state index is 8.00. The summed E-state index contributed by atoms with van der Waals surface area (Å²) in [6, 6.07) is 0. The Morgan fingerprint density at radius 1 is 0.417 bits per heavy atom. The van der Waals surface area contributed by atoms with Crippen LogP contribution in [-0.2, 0) is 16.8 Å². The van der Waals surface area contributed by atoms with Gasteiger partial charge >= 0.3 is 88.7 Å². The molecule has 0 aromatic heterocycles. The van der Waals surface area contributed by atoms with Gasteiger partial charge in [-0.3, -0.25) is 11.7 Å². The van der Waals surface area contributed by atoms with Gasteiger partial charge in [-0.15, -0.1) is 32.0 Å². The summed E-state index contributed by atoms with van der Waals surface area (Å²) >= 11 is 0. The summed E-state index contributed by atoms with van der Waals surface area (Å²) in [5.41, 5.74) is 0. The van der Waals surface area contributed by atoms with E-state index in [1.54, 1.807) is 0 Å². The molecule has 0 bridgehead atoms. The van der Waals surface area contributed by atoms with Crippen LogP contribution in [0.25, 0.3) is 0 Å². The third-order valence-electron chi connectivity index (χ3n) is 0. The summed E-state index contributed by atoms with van der Waals surface area (Å²) in [6.45, 7) is 0. The molecule has 0 unspecified atom stereocenters. The van der Waals surface area contributed by atoms with E-state index in [2.05, 4.69) is 11.7 Å². The molecular weight excluding hydrogens is 432 g/mol. The van der Waals surface area contributed by atoms with Crippen molar-refractivity contribution in [3.63, 3.8) is 0 Å². The normalized spacial score (nSPS) is 3.25. The van der Waals surface area contributed by atoms with E-state index in [0.29, 0.717) is 0 Å². The molecule has 0 aromatic rings. The predicted octanol–water partition coefficient (Wildman–Crippen LogP) is -8.67. The Morgan fingerprint density at radius 2 is 0.417 bits per heavy atom. The van der Waals surface area contributed by atoms with Crippen LogP contribution in [0.15, 0.2) is 32.0 Å². The minimum Gasteiger partial charge on any atom is -0.444 e. The van der Waals surface area contributed by atoms with Gasteiger partial charge in [-0.2, -0.15) is 0 Å². The molecule has 4 N–H and O–H groups in total. The second-order valence-electron chi connectivity index (χ2n) is 0.447. The van der Waals surface area contributed by atoms with Gasteiger partial charge in [0.05, 0.1) is 0 Å². The Balaban J connectivity index is -0.00000000891. The van der Waals surface area contributed by atoms with Gasteiger partial charge in [-0.25, -0.2) is 0 Å². The molecule has 0 heterocycles. The first-order valence-electron chi connectivity index (χ1n) is 2.52. The topological polar surface area (TPSA) is 367 Å². The van der Waals surface area contributed by atoms with E-state index in [-0.39, 0.29) is 105 Å². The molecule has 0 saturated heterocycles. The third-order valence-corrected chi connectivity index (χ3v) is 0. The molecule has 0 spiro atoms. The van der Waals surface area contributed by atoms with Crippen LogP contribution in [0, 0.1) is 60.7 Å². The largest absolute Gasteiger partial charge is 1.00 e. The number of rotatable bonds is 0. The average Bonchev–Trinajstić information content (AvgIpc) is 2.36. The van der Waals surface area contributed by atoms with Crippen molar-refractivity contribution in [3.8, 4) is 0 Å². The van der Waals surface area contributed by atoms with Crippen molar-refractivity contribution in [1.29, 1.82) is 0 Å². The molecule has 0 aliphatic rings. The molecule has 1 radical (unpaired) electrons. The van der Waals surface area contributed by atoms with Crippen molar-refractivity contribution in [3.05, 3.63) is 60.7 Å². The Kier molecular flexibility index (Phi) is 1010. The first kappa shape index (κ1) is 75.5. The van der Waals surface area contributed by atoms with Crippen LogP contribution in [0.3, 0.4) is 0 Å². The maximum absolute atomic E-state index is 8.00. The second-order valence-corrected chi connectivity index (χ2v) is 0.447. The Morgan fingerprint density at radius 3 is 0.417 bits per heavy atom. The van der Waals surface area contributed by atoms with Crippen LogP contribution in [0.5, 0.6) is 0 Å². The molecule has 0 saturated carbocycles. The summed E-state index contributed by atoms with van der Waals surface area (Å²) in [5.74, 6) is 8.00. The van der Waals surface area contributed by atoms with Crippen LogP contribution in [0.1, 0.15) is 0 Å². The summed E-state index contributed by atoms with van der Waals surface area (Å²) in [4.78, 5) is 48.0. The fourth-order valence-corrected chi connectivity index (χ4v) is 0. The number of hydrogen-bond acceptors (Lipinski definition) is 20. The molecule has 24 heavy (non-hydrogen) atoms. The van der Waals surface area contributed by atoms with Crippen molar-refractivity contribution in [1.82, 2.24) is 0 Å². The van der Waals surface area contributed by atoms with Gasteiger partial charge in [0.2, 0.25) is 0 Å². The van der Waals surface area contributed by atoms with Gasteiger partial charge in [-0.05, 0) is 0 Å². The zero-order chi connectivity index (χ0) is 18.2. The third kappa shape index (κ3) is 314000. The minimum absolute atomic E-state index is 0. The Hall–Kier alpha value is -0.174. The molecular formula is H4CoN8Na3O12-3. The van der Waals surface area contributed by atoms with Crippen LogP contribution in [0.4, 0.5) is 0 Å². The summed E-state index contributed by atoms with van der Waals surface area (Å²) < 4.78 is 0. The smallest absolute Gasteiger partial charge is 0.444 e. The molecule has 131 valence electrons. The molecule has 20 nitrogen and oxygen atoms in total. The maximum Gasteiger partial charge on any atom is 1.00 e. The van der Waals surface area contributed by atoms with Crippen molar-refractivity contribution in [2.45, 2.75) is 0 Å². The quantitative estimate of drug-likeness (QED) is 0.154. The number of nitrogens with two attached hydrogens (primary N) is 2. The summed E-state index contributed by atoms with van der Waals surface area (Å²) in [6.07, 6.45) is 0. The molecule has 0 rings (SSSR count). The van der Waals surface area contributed by atoms with Crippen LogP contribution < -0.4 is 100 Å². The summed E-state index contributed by atoms with van der Waals surface area (Å²) in [5, 5.41) is 54.0. The zero-order valence-corrected chi connectivity index (χ0v) is 19.1. The van der Waals surface area contributed by atoms with Crippen molar-refractivity contribution < 1.29 is 105 Å². The first-order chi connectivity index (χ1) is 9.49. The molecule has 0 fully saturated rings. The van der Waals surface area contributed by atoms with Gasteiger partial charge < -0.3 is 60.7 Å². The number of hydrogen-bond donors (Lipinski definition) is 2. The molecule has 0 amide bonds. The van der Waals surface area contributed by atoms with Gasteiger partial charge in [0.1, 0.15) is 0 Å². The molecule has 0 aliphatic carbocycles. The van der Waals surface area contributed by atoms with Gasteiger partial charge in [0, 0.05) is 16.8 Å². The predicted molar refractivity (Wildman–Crippen MR) is 63.3 cm³/mol. The first-order valence-corrected chi connectivity index (χ1v) is 2.52. The van der Waals surface area contributed by atoms with E-state index in [1.165, 1.54) is 0 Å². The van der Waals surface area contributed by atoms with Crippen LogP contribution >= 0.6 is 0 Å². The van der Waals surface area contributed by atoms with E-state index in [9.17, 15) is 0 Å². The van der Waals surface area contributed by atoms with E-state index in [0.717, 1.165) is 32.0 Å². The number of hydrazine groups is 1. The average molecular weight is 436 g/mol. The van der Waals surface area contributed by atoms with E-state index in [4.69, 9.17) is 60.7 Å². The van der Waals surface area contributed by atoms with Gasteiger partial charge in [-0.1, -0.05) is 0 Å². The van der Waals surface area contributed by atoms with Crippen LogP contribution in [-0.4, -0.2) is 0 Å². The van der Waals surface area contributed by atoms with Crippen LogP contribution in [0.2, 0.25) is 0 Å². The minimum atomic E-state index is 0. The Bertz CT molecular complexity index is 130. The van der Waals surface area contributed by atoms with Gasteiger partial charge in [0.15, 0.2) is 0 Å². The van der Waals surface area contributed by atoms with Crippen molar-refractivity contribution in [2.24, 2.45) is 43.7 Å². The molecule has 0 aliphatic heterocycles. The van der Waals surface area contributed by atoms with Gasteiger partial charge in [0.25, 0.3) is 0 Å². The van der Waals surface area contributed by atoms with Crippen molar-refractivity contribution >= 4 is 0 Å². The zero-order valence-electron chi connectivity index (χ0n) is 12.1.